The molecular formula is C17H18O7S. The molecule has 0 bridgehead atoms. The minimum absolute atomic E-state index is 0.0858. The van der Waals surface area contributed by atoms with Gasteiger partial charge in [0.2, 0.25) is 5.76 Å². The molecule has 7 nitrogen and oxygen atoms in total. The van der Waals surface area contributed by atoms with E-state index in [2.05, 4.69) is 4.74 Å². The molecule has 2 aromatic rings. The minimum Gasteiger partial charge on any atom is -0.494 e. The number of methoxy groups -OCH3 is 1. The lowest BCUT2D eigenvalue weighted by Crippen LogP contribution is -2.06. The Labute approximate surface area is 147 Å². The smallest absolute Gasteiger partial charge is 0.373 e. The molecule has 0 aliphatic heterocycles. The molecule has 1 aromatic heterocycles. The topological polar surface area (TPSA) is 103 Å². The first kappa shape index (κ1) is 18.7. The number of carboxylic acids is 1. The van der Waals surface area contributed by atoms with Gasteiger partial charge in [0, 0.05) is 16.6 Å². The first-order valence-electron chi connectivity index (χ1n) is 7.47. The van der Waals surface area contributed by atoms with Crippen LogP contribution in [0.25, 0.3) is 0 Å². The summed E-state index contributed by atoms with van der Waals surface area (Å²) < 4.78 is 27.3. The van der Waals surface area contributed by atoms with Gasteiger partial charge >= 0.3 is 11.9 Å². The maximum absolute atomic E-state index is 12.0. The van der Waals surface area contributed by atoms with Crippen LogP contribution in [-0.2, 0) is 21.3 Å². The van der Waals surface area contributed by atoms with Crippen LogP contribution in [0, 0.1) is 0 Å². The van der Waals surface area contributed by atoms with Gasteiger partial charge in [-0.1, -0.05) is 0 Å². The molecule has 1 unspecified atom stereocenters. The average Bonchev–Trinajstić information content (AvgIpc) is 3.06. The highest BCUT2D eigenvalue weighted by Crippen LogP contribution is 2.14. The van der Waals surface area contributed by atoms with E-state index in [0.717, 1.165) is 0 Å². The molecule has 1 heterocycles. The van der Waals surface area contributed by atoms with Gasteiger partial charge in [-0.25, -0.2) is 9.59 Å². The summed E-state index contributed by atoms with van der Waals surface area (Å²) in [4.78, 5) is 22.0. The fourth-order valence-corrected chi connectivity index (χ4v) is 3.06. The molecule has 0 aliphatic rings. The van der Waals surface area contributed by atoms with Crippen molar-refractivity contribution in [1.29, 1.82) is 0 Å². The van der Waals surface area contributed by atoms with Crippen LogP contribution in [0.15, 0.2) is 40.8 Å². The summed E-state index contributed by atoms with van der Waals surface area (Å²) in [5, 5.41) is 8.81. The Hall–Kier alpha value is -2.61. The third-order valence-electron chi connectivity index (χ3n) is 3.24. The molecule has 0 aliphatic carbocycles. The van der Waals surface area contributed by atoms with E-state index in [1.807, 2.05) is 0 Å². The van der Waals surface area contributed by atoms with E-state index in [1.165, 1.54) is 25.3 Å². The molecule has 2 rings (SSSR count). The van der Waals surface area contributed by atoms with Crippen molar-refractivity contribution in [2.75, 3.05) is 19.5 Å². The third kappa shape index (κ3) is 5.75. The number of esters is 1. The summed E-state index contributed by atoms with van der Waals surface area (Å²) in [5.41, 5.74) is 0.193. The van der Waals surface area contributed by atoms with Gasteiger partial charge in [0.1, 0.15) is 11.5 Å². The summed E-state index contributed by atoms with van der Waals surface area (Å²) in [6, 6.07) is 9.18. The largest absolute Gasteiger partial charge is 0.494 e. The molecule has 0 fully saturated rings. The molecule has 1 atom stereocenters. The van der Waals surface area contributed by atoms with Crippen molar-refractivity contribution >= 4 is 22.7 Å². The second kappa shape index (κ2) is 9.03. The molecule has 1 N–H and O–H groups in total. The second-order valence-corrected chi connectivity index (χ2v) is 6.65. The predicted octanol–water partition coefficient (Wildman–Crippen LogP) is 2.48. The number of rotatable bonds is 9. The molecule has 1 aromatic carbocycles. The SMILES string of the molecule is COC(=O)c1ccc(CS(=O)CCCOc2ccc(C(=O)O)cc2)o1. The number of carbonyl (C=O) groups is 2. The minimum atomic E-state index is -1.14. The first-order valence-corrected chi connectivity index (χ1v) is 8.96. The Kier molecular flexibility index (Phi) is 6.76. The van der Waals surface area contributed by atoms with Crippen LogP contribution in [0.3, 0.4) is 0 Å². The van der Waals surface area contributed by atoms with E-state index in [0.29, 0.717) is 30.3 Å². The highest BCUT2D eigenvalue weighted by molar-refractivity contribution is 7.84. The van der Waals surface area contributed by atoms with Crippen LogP contribution in [0.1, 0.15) is 33.1 Å². The summed E-state index contributed by atoms with van der Waals surface area (Å²) in [6.45, 7) is 0.365. The second-order valence-electron chi connectivity index (χ2n) is 5.08. The molecule has 0 saturated heterocycles. The lowest BCUT2D eigenvalue weighted by Gasteiger charge is -2.06. The van der Waals surface area contributed by atoms with Crippen molar-refractivity contribution in [3.8, 4) is 5.75 Å². The highest BCUT2D eigenvalue weighted by atomic mass is 32.2. The van der Waals surface area contributed by atoms with Crippen LogP contribution < -0.4 is 4.74 Å². The Morgan fingerprint density at radius 3 is 2.52 bits per heavy atom. The van der Waals surface area contributed by atoms with E-state index < -0.39 is 22.7 Å². The Bertz CT molecular complexity index is 749. The van der Waals surface area contributed by atoms with Gasteiger partial charge in [0.05, 0.1) is 25.0 Å². The number of carbonyl (C=O) groups excluding carboxylic acids is 1. The molecule has 134 valence electrons. The lowest BCUT2D eigenvalue weighted by molar-refractivity contribution is 0.0563. The zero-order chi connectivity index (χ0) is 18.2. The van der Waals surface area contributed by atoms with Crippen molar-refractivity contribution in [2.45, 2.75) is 12.2 Å². The van der Waals surface area contributed by atoms with Crippen LogP contribution in [0.5, 0.6) is 5.75 Å². The summed E-state index contributed by atoms with van der Waals surface area (Å²) in [7, 11) is 0.118. The van der Waals surface area contributed by atoms with Crippen molar-refractivity contribution in [2.24, 2.45) is 0 Å². The van der Waals surface area contributed by atoms with Crippen molar-refractivity contribution in [1.82, 2.24) is 0 Å². The third-order valence-corrected chi connectivity index (χ3v) is 4.59. The molecule has 8 heteroatoms. The number of benzene rings is 1. The van der Waals surface area contributed by atoms with E-state index in [-0.39, 0.29) is 17.1 Å². The van der Waals surface area contributed by atoms with Gasteiger partial charge in [-0.2, -0.15) is 0 Å². The normalized spacial score (nSPS) is 11.7. The number of ether oxygens (including phenoxy) is 2. The van der Waals surface area contributed by atoms with Gasteiger partial charge in [0.25, 0.3) is 0 Å². The average molecular weight is 366 g/mol. The first-order chi connectivity index (χ1) is 12.0. The maximum atomic E-state index is 12.0. The van der Waals surface area contributed by atoms with Gasteiger partial charge in [-0.15, -0.1) is 0 Å². The maximum Gasteiger partial charge on any atom is 0.373 e. The molecule has 0 saturated carbocycles. The van der Waals surface area contributed by atoms with E-state index in [9.17, 15) is 13.8 Å². The van der Waals surface area contributed by atoms with E-state index >= 15 is 0 Å². The van der Waals surface area contributed by atoms with Crippen LogP contribution in [0.4, 0.5) is 0 Å². The van der Waals surface area contributed by atoms with E-state index in [4.69, 9.17) is 14.3 Å². The van der Waals surface area contributed by atoms with Crippen molar-refractivity contribution in [3.63, 3.8) is 0 Å². The Morgan fingerprint density at radius 2 is 1.88 bits per heavy atom. The van der Waals surface area contributed by atoms with Gasteiger partial charge < -0.3 is 19.0 Å². The lowest BCUT2D eigenvalue weighted by atomic mass is 10.2. The fourth-order valence-electron chi connectivity index (χ4n) is 2.00. The number of aromatic carboxylic acids is 1. The van der Waals surface area contributed by atoms with Gasteiger partial charge in [-0.3, -0.25) is 4.21 Å². The van der Waals surface area contributed by atoms with Crippen LogP contribution in [0.2, 0.25) is 0 Å². The molecule has 0 amide bonds. The number of hydrogen-bond donors (Lipinski definition) is 1. The zero-order valence-corrected chi connectivity index (χ0v) is 14.4. The monoisotopic (exact) mass is 366 g/mol. The molecule has 0 radical (unpaired) electrons. The Balaban J connectivity index is 1.70. The zero-order valence-electron chi connectivity index (χ0n) is 13.6. The predicted molar refractivity (Wildman–Crippen MR) is 90.3 cm³/mol. The molecular weight excluding hydrogens is 348 g/mol. The van der Waals surface area contributed by atoms with Crippen molar-refractivity contribution < 1.29 is 32.8 Å². The fraction of sp³-hybridized carbons (Fsp3) is 0.294. The van der Waals surface area contributed by atoms with Crippen molar-refractivity contribution in [3.05, 3.63) is 53.5 Å². The molecule has 0 spiro atoms. The summed E-state index contributed by atoms with van der Waals surface area (Å²) in [6.07, 6.45) is 0.567. The standard InChI is InChI=1S/C17H18O7S/c1-22-17(20)15-8-7-14(24-15)11-25(21)10-2-9-23-13-5-3-12(4-6-13)16(18)19/h3-8H,2,9-11H2,1H3,(H,18,19). The summed E-state index contributed by atoms with van der Waals surface area (Å²) >= 11 is 0. The quantitative estimate of drug-likeness (QED) is 0.537. The Morgan fingerprint density at radius 1 is 1.16 bits per heavy atom. The van der Waals surface area contributed by atoms with Gasteiger partial charge in [0.15, 0.2) is 0 Å². The number of furan rings is 1. The van der Waals surface area contributed by atoms with Crippen LogP contribution >= 0.6 is 0 Å². The molecule has 25 heavy (non-hydrogen) atoms. The summed E-state index contributed by atoms with van der Waals surface area (Å²) in [5.74, 6) is 0.178. The van der Waals surface area contributed by atoms with Gasteiger partial charge in [-0.05, 0) is 42.8 Å². The number of carboxylic acid groups (broad SMARTS) is 1. The highest BCUT2D eigenvalue weighted by Gasteiger charge is 2.12. The van der Waals surface area contributed by atoms with E-state index in [1.54, 1.807) is 18.2 Å². The van der Waals surface area contributed by atoms with Crippen LogP contribution in [-0.4, -0.2) is 40.7 Å². The number of hydrogen-bond acceptors (Lipinski definition) is 6.